The molecular weight excluding hydrogens is 1020 g/mol. The lowest BCUT2D eigenvalue weighted by Crippen LogP contribution is -2.17. The molecule has 1 aliphatic carbocycles. The molecule has 384 valence electrons. The van der Waals surface area contributed by atoms with Gasteiger partial charge in [0.05, 0.1) is 16.8 Å². The summed E-state index contributed by atoms with van der Waals surface area (Å²) < 4.78 is 112. The third-order valence-corrected chi connectivity index (χ3v) is 14.1. The van der Waals surface area contributed by atoms with Gasteiger partial charge in [-0.3, -0.25) is 13.7 Å². The van der Waals surface area contributed by atoms with Crippen molar-refractivity contribution < 1.29 is 43.3 Å². The predicted molar refractivity (Wildman–Crippen MR) is 281 cm³/mol. The molecule has 27 heteroatoms. The van der Waals surface area contributed by atoms with Gasteiger partial charge in [0.1, 0.15) is 21.1 Å². The molecule has 6 aromatic rings. The number of aryl methyl sites for hydroxylation is 4. The first-order valence-corrected chi connectivity index (χ1v) is 26.5. The Labute approximate surface area is 424 Å². The second kappa shape index (κ2) is 19.9. The maximum atomic E-state index is 13.4. The highest BCUT2D eigenvalue weighted by Gasteiger charge is 2.27. The number of anilines is 10. The summed E-state index contributed by atoms with van der Waals surface area (Å²) in [6.45, 7) is 14.3. The van der Waals surface area contributed by atoms with Gasteiger partial charge < -0.3 is 42.5 Å². The largest absolute Gasteiger partial charge is 0.456 e. The van der Waals surface area contributed by atoms with Crippen LogP contribution >= 0.6 is 0 Å². The van der Waals surface area contributed by atoms with Crippen LogP contribution in [-0.4, -0.2) is 81.1 Å². The van der Waals surface area contributed by atoms with Crippen molar-refractivity contribution in [1.29, 1.82) is 0 Å². The SMILES string of the molecule is C=CNc1nc(N)nc(Nc2c(C)cc(C)c(Nc3ccc4c(-c5ccccc5S(=O)(=O)O)c5cc(S(=O)(=O)O)c(=Nc6c(C)cc(C)c(Nc7nc(N)nc(NCCS(=O)(=O)O)n7)c6C)cc-5oc4c3)c2C)n1. The maximum Gasteiger partial charge on any atom is 0.296 e. The smallest absolute Gasteiger partial charge is 0.296 e. The molecule has 0 saturated carbocycles. The minimum absolute atomic E-state index is 0.00413. The quantitative estimate of drug-likeness (QED) is 0.0332. The molecule has 0 unspecified atom stereocenters. The summed E-state index contributed by atoms with van der Waals surface area (Å²) in [6.07, 6.45) is 1.41. The van der Waals surface area contributed by atoms with Gasteiger partial charge in [-0.25, -0.2) is 4.99 Å². The first-order chi connectivity index (χ1) is 34.8. The minimum atomic E-state index is -5.10. The Morgan fingerprint density at radius 3 is 1.82 bits per heavy atom. The molecule has 0 spiro atoms. The van der Waals surface area contributed by atoms with Crippen LogP contribution in [0, 0.1) is 41.5 Å². The van der Waals surface area contributed by atoms with Gasteiger partial charge in [-0.2, -0.15) is 55.2 Å². The van der Waals surface area contributed by atoms with Crippen LogP contribution < -0.4 is 43.4 Å². The maximum absolute atomic E-state index is 13.4. The highest BCUT2D eigenvalue weighted by molar-refractivity contribution is 7.86. The topological polar surface area (TPSA) is 378 Å². The van der Waals surface area contributed by atoms with Gasteiger partial charge in [0.25, 0.3) is 30.4 Å². The van der Waals surface area contributed by atoms with Crippen molar-refractivity contribution in [2.75, 3.05) is 50.3 Å². The first kappa shape index (κ1) is 52.0. The van der Waals surface area contributed by atoms with Crippen molar-refractivity contribution in [3.8, 4) is 22.5 Å². The monoisotopic (exact) mass is 1060 g/mol. The second-order valence-corrected chi connectivity index (χ2v) is 21.3. The summed E-state index contributed by atoms with van der Waals surface area (Å²) >= 11 is 0. The minimum Gasteiger partial charge on any atom is -0.456 e. The average Bonchev–Trinajstić information content (AvgIpc) is 3.29. The summed E-state index contributed by atoms with van der Waals surface area (Å²) in [5.41, 5.74) is 19.1. The van der Waals surface area contributed by atoms with Gasteiger partial charge >= 0.3 is 0 Å². The fourth-order valence-corrected chi connectivity index (χ4v) is 10.2. The van der Waals surface area contributed by atoms with E-state index in [4.69, 9.17) is 25.4 Å². The Balaban J connectivity index is 1.30. The summed E-state index contributed by atoms with van der Waals surface area (Å²) in [5.74, 6) is -0.654. The lowest BCUT2D eigenvalue weighted by molar-refractivity contribution is 0.480. The molecular formula is C47H48N14O10S3. The number of nitrogens with one attached hydrogen (secondary N) is 5. The van der Waals surface area contributed by atoms with E-state index >= 15 is 0 Å². The van der Waals surface area contributed by atoms with Gasteiger partial charge in [-0.15, -0.1) is 0 Å². The summed E-state index contributed by atoms with van der Waals surface area (Å²) in [5, 5.41) is 15.3. The van der Waals surface area contributed by atoms with E-state index in [0.29, 0.717) is 44.8 Å². The molecule has 24 nitrogen and oxygen atoms in total. The van der Waals surface area contributed by atoms with Gasteiger partial charge in [0.15, 0.2) is 0 Å². The van der Waals surface area contributed by atoms with Gasteiger partial charge in [0.2, 0.25) is 35.7 Å². The van der Waals surface area contributed by atoms with E-state index in [1.165, 1.54) is 30.5 Å². The highest BCUT2D eigenvalue weighted by atomic mass is 32.2. The third kappa shape index (κ3) is 11.2. The fraction of sp³-hybridized carbons (Fsp3) is 0.170. The number of nitrogens with two attached hydrogens (primary N) is 2. The van der Waals surface area contributed by atoms with E-state index in [9.17, 15) is 34.4 Å². The average molecular weight is 1070 g/mol. The zero-order chi connectivity index (χ0) is 53.6. The van der Waals surface area contributed by atoms with Crippen molar-refractivity contribution in [3.63, 3.8) is 0 Å². The molecule has 4 aromatic carbocycles. The van der Waals surface area contributed by atoms with Crippen molar-refractivity contribution in [1.82, 2.24) is 29.9 Å². The molecule has 3 heterocycles. The van der Waals surface area contributed by atoms with E-state index in [1.54, 1.807) is 51.1 Å². The molecule has 1 aliphatic heterocycles. The van der Waals surface area contributed by atoms with Crippen molar-refractivity contribution >= 4 is 105 Å². The van der Waals surface area contributed by atoms with Crippen LogP contribution in [0.1, 0.15) is 33.4 Å². The number of hydrogen-bond donors (Lipinski definition) is 10. The van der Waals surface area contributed by atoms with Crippen LogP contribution in [0.15, 0.2) is 98.7 Å². The molecule has 0 bridgehead atoms. The molecule has 8 rings (SSSR count). The standard InChI is InChI=1S/C47H48N14O10S3/c1-8-50-44-56-42(48)58-46(60-44)54-40-24(4)17-22(2)38(26(40)6)52-28-13-14-29-33(19-28)71-34-21-32(36(74(68,69)70)20-31(34)37(29)30-11-9-10-12-35(30)73(65,66)67)53-39-23(3)18-25(5)41(27(39)7)55-47-59-43(49)57-45(61-47)51-15-16-72(62,63)64/h8-14,17-21,52H,1,15-16H2,2-7H3,(H,62,63,64)(H,65,66,67)(H,68,69,70)(H4,48,50,54,56,58,60)(H4,49,51,55,57,59,61). The van der Waals surface area contributed by atoms with Crippen LogP contribution in [0.4, 0.5) is 64.1 Å². The lowest BCUT2D eigenvalue weighted by atomic mass is 9.93. The third-order valence-electron chi connectivity index (χ3n) is 11.6. The van der Waals surface area contributed by atoms with Gasteiger partial charge in [0, 0.05) is 63.5 Å². The summed E-state index contributed by atoms with van der Waals surface area (Å²) in [7, 11) is -14.3. The van der Waals surface area contributed by atoms with Crippen molar-refractivity contribution in [2.24, 2.45) is 4.99 Å². The van der Waals surface area contributed by atoms with Crippen LogP contribution in [0.5, 0.6) is 0 Å². The number of aromatic nitrogens is 6. The Hall–Kier alpha value is -8.34. The first-order valence-electron chi connectivity index (χ1n) is 22.0. The molecule has 74 heavy (non-hydrogen) atoms. The Morgan fingerprint density at radius 2 is 1.20 bits per heavy atom. The van der Waals surface area contributed by atoms with Crippen LogP contribution in [0.2, 0.25) is 0 Å². The van der Waals surface area contributed by atoms with Crippen LogP contribution in [0.3, 0.4) is 0 Å². The molecule has 2 aromatic heterocycles. The number of fused-ring (bicyclic) bond motifs is 2. The summed E-state index contributed by atoms with van der Waals surface area (Å²) in [6, 6.07) is 16.8. The molecule has 2 aliphatic rings. The number of nitrogen functional groups attached to an aromatic ring is 2. The second-order valence-electron chi connectivity index (χ2n) is 16.9. The zero-order valence-electron chi connectivity index (χ0n) is 40.3. The predicted octanol–water partition coefficient (Wildman–Crippen LogP) is 7.40. The molecule has 0 saturated heterocycles. The molecule has 0 atom stereocenters. The molecule has 0 amide bonds. The normalized spacial score (nSPS) is 12.3. The van der Waals surface area contributed by atoms with Gasteiger partial charge in [-0.1, -0.05) is 36.9 Å². The molecule has 0 fully saturated rings. The number of rotatable bonds is 16. The Bertz CT molecular complexity index is 4000. The van der Waals surface area contributed by atoms with Crippen molar-refractivity contribution in [3.05, 3.63) is 118 Å². The molecule has 12 N–H and O–H groups in total. The number of hydrogen-bond acceptors (Lipinski definition) is 21. The van der Waals surface area contributed by atoms with E-state index in [1.807, 2.05) is 26.8 Å². The number of nitrogens with zero attached hydrogens (tertiary/aromatic N) is 7. The van der Waals surface area contributed by atoms with Crippen LogP contribution in [0.25, 0.3) is 33.4 Å². The van der Waals surface area contributed by atoms with Crippen LogP contribution in [-0.2, 0) is 30.4 Å². The number of benzene rings is 5. The van der Waals surface area contributed by atoms with Gasteiger partial charge in [-0.05, 0) is 105 Å². The van der Waals surface area contributed by atoms with E-state index < -0.39 is 45.9 Å². The Kier molecular flexibility index (Phi) is 14.0. The Morgan fingerprint density at radius 1 is 0.635 bits per heavy atom. The highest BCUT2D eigenvalue weighted by Crippen LogP contribution is 2.45. The lowest BCUT2D eigenvalue weighted by Gasteiger charge is -2.21. The van der Waals surface area contributed by atoms with Crippen molar-refractivity contribution in [2.45, 2.75) is 51.3 Å². The fourth-order valence-electron chi connectivity index (χ4n) is 8.49. The van der Waals surface area contributed by atoms with E-state index in [2.05, 4.69) is 63.1 Å². The van der Waals surface area contributed by atoms with E-state index in [-0.39, 0.29) is 81.3 Å². The molecule has 0 radical (unpaired) electrons. The summed E-state index contributed by atoms with van der Waals surface area (Å²) in [4.78, 5) is 28.7. The van der Waals surface area contributed by atoms with E-state index in [0.717, 1.165) is 22.8 Å². The zero-order valence-corrected chi connectivity index (χ0v) is 42.7.